The van der Waals surface area contributed by atoms with Gasteiger partial charge in [0.1, 0.15) is 12.1 Å². The van der Waals surface area contributed by atoms with E-state index in [2.05, 4.69) is 9.97 Å². The van der Waals surface area contributed by atoms with Gasteiger partial charge in [0.15, 0.2) is 11.5 Å². The number of carbonyl (C=O) groups excluding carboxylic acids is 1. The van der Waals surface area contributed by atoms with Crippen LogP contribution in [0.4, 0.5) is 10.6 Å². The van der Waals surface area contributed by atoms with Gasteiger partial charge in [-0.1, -0.05) is 17.7 Å². The van der Waals surface area contributed by atoms with Crippen molar-refractivity contribution in [1.82, 2.24) is 13.9 Å². The Morgan fingerprint density at radius 1 is 1.22 bits per heavy atom. The van der Waals surface area contributed by atoms with Crippen molar-refractivity contribution in [3.63, 3.8) is 0 Å². The predicted molar refractivity (Wildman–Crippen MR) is 95.9 cm³/mol. The Kier molecular flexibility index (Phi) is 4.54. The number of primary amides is 1. The number of aryl methyl sites for hydroxylation is 1. The van der Waals surface area contributed by atoms with Crippen molar-refractivity contribution in [2.45, 2.75) is 11.8 Å². The number of aromatic nitrogens is 3. The molecule has 2 amide bonds. The van der Waals surface area contributed by atoms with E-state index in [0.29, 0.717) is 4.90 Å². The molecule has 0 aliphatic rings. The second-order valence-corrected chi connectivity index (χ2v) is 7.52. The number of amides is 2. The maximum atomic E-state index is 12.8. The average molecular weight is 389 g/mol. The SMILES string of the molecule is Cc1ccc(S(=O)(=O)n2ccc3nc(N(CC(N)=O)C(=O)O)cnc32)cc1. The zero-order chi connectivity index (χ0) is 19.8. The summed E-state index contributed by atoms with van der Waals surface area (Å²) < 4.78 is 26.6. The third kappa shape index (κ3) is 3.44. The molecule has 2 aromatic heterocycles. The van der Waals surface area contributed by atoms with E-state index in [1.165, 1.54) is 24.4 Å². The molecule has 27 heavy (non-hydrogen) atoms. The molecule has 2 heterocycles. The van der Waals surface area contributed by atoms with Gasteiger partial charge in [-0.05, 0) is 25.1 Å². The average Bonchev–Trinajstić information content (AvgIpc) is 3.03. The first-order valence-corrected chi connectivity index (χ1v) is 9.09. The lowest BCUT2D eigenvalue weighted by Crippen LogP contribution is -2.38. The van der Waals surface area contributed by atoms with Crippen LogP contribution in [0.15, 0.2) is 47.6 Å². The number of carboxylic acid groups (broad SMARTS) is 1. The van der Waals surface area contributed by atoms with E-state index in [4.69, 9.17) is 5.73 Å². The Labute approximate surface area is 153 Å². The van der Waals surface area contributed by atoms with Gasteiger partial charge in [-0.25, -0.2) is 27.2 Å². The zero-order valence-corrected chi connectivity index (χ0v) is 14.9. The normalized spacial score (nSPS) is 11.4. The Hall–Kier alpha value is -3.47. The zero-order valence-electron chi connectivity index (χ0n) is 14.1. The van der Waals surface area contributed by atoms with Crippen molar-refractivity contribution >= 4 is 39.0 Å². The monoisotopic (exact) mass is 389 g/mol. The Balaban J connectivity index is 2.07. The van der Waals surface area contributed by atoms with Gasteiger partial charge >= 0.3 is 6.09 Å². The molecular formula is C16H15N5O5S. The number of carbonyl (C=O) groups is 2. The molecule has 0 saturated carbocycles. The van der Waals surface area contributed by atoms with Crippen molar-refractivity contribution in [2.75, 3.05) is 11.4 Å². The van der Waals surface area contributed by atoms with E-state index < -0.39 is 28.6 Å². The quantitative estimate of drug-likeness (QED) is 0.659. The van der Waals surface area contributed by atoms with Crippen LogP contribution in [0.25, 0.3) is 11.2 Å². The van der Waals surface area contributed by atoms with Crippen LogP contribution in [-0.2, 0) is 14.8 Å². The van der Waals surface area contributed by atoms with E-state index in [1.54, 1.807) is 12.1 Å². The van der Waals surface area contributed by atoms with Crippen molar-refractivity contribution in [3.05, 3.63) is 48.3 Å². The van der Waals surface area contributed by atoms with Crippen LogP contribution >= 0.6 is 0 Å². The molecule has 10 nitrogen and oxygen atoms in total. The fourth-order valence-electron chi connectivity index (χ4n) is 2.43. The minimum Gasteiger partial charge on any atom is -0.465 e. The fourth-order valence-corrected chi connectivity index (χ4v) is 3.72. The second-order valence-electron chi connectivity index (χ2n) is 5.70. The third-order valence-electron chi connectivity index (χ3n) is 3.74. The van der Waals surface area contributed by atoms with Crippen LogP contribution in [-0.4, -0.2) is 46.0 Å². The number of hydrogen-bond donors (Lipinski definition) is 2. The number of nitrogens with two attached hydrogens (primary N) is 1. The van der Waals surface area contributed by atoms with Gasteiger partial charge in [0.2, 0.25) is 5.91 Å². The molecule has 1 aromatic carbocycles. The summed E-state index contributed by atoms with van der Waals surface area (Å²) in [6.07, 6.45) is 0.915. The maximum absolute atomic E-state index is 12.8. The van der Waals surface area contributed by atoms with Crippen molar-refractivity contribution in [2.24, 2.45) is 5.73 Å². The van der Waals surface area contributed by atoms with E-state index in [1.807, 2.05) is 6.92 Å². The minimum absolute atomic E-state index is 0.0312. The Morgan fingerprint density at radius 3 is 2.48 bits per heavy atom. The highest BCUT2D eigenvalue weighted by Gasteiger charge is 2.23. The minimum atomic E-state index is -3.90. The van der Waals surface area contributed by atoms with E-state index in [-0.39, 0.29) is 21.9 Å². The predicted octanol–water partition coefficient (Wildman–Crippen LogP) is 0.946. The molecule has 0 bridgehead atoms. The summed E-state index contributed by atoms with van der Waals surface area (Å²) in [5.74, 6) is -1.00. The van der Waals surface area contributed by atoms with E-state index >= 15 is 0 Å². The molecule has 11 heteroatoms. The number of hydrogen-bond acceptors (Lipinski definition) is 6. The summed E-state index contributed by atoms with van der Waals surface area (Å²) in [4.78, 5) is 31.2. The lowest BCUT2D eigenvalue weighted by Gasteiger charge is -2.15. The van der Waals surface area contributed by atoms with Gasteiger partial charge in [0.05, 0.1) is 11.1 Å². The lowest BCUT2D eigenvalue weighted by molar-refractivity contribution is -0.116. The highest BCUT2D eigenvalue weighted by atomic mass is 32.2. The first kappa shape index (κ1) is 18.3. The molecule has 0 unspecified atom stereocenters. The van der Waals surface area contributed by atoms with Gasteiger partial charge in [-0.3, -0.25) is 9.69 Å². The summed E-state index contributed by atoms with van der Waals surface area (Å²) in [5, 5.41) is 9.20. The number of rotatable bonds is 5. The number of benzene rings is 1. The molecular weight excluding hydrogens is 374 g/mol. The fraction of sp³-hybridized carbons (Fsp3) is 0.125. The molecule has 3 rings (SSSR count). The van der Waals surface area contributed by atoms with Gasteiger partial charge in [-0.15, -0.1) is 0 Å². The number of fused-ring (bicyclic) bond motifs is 1. The van der Waals surface area contributed by atoms with Crippen LogP contribution in [0, 0.1) is 6.92 Å². The highest BCUT2D eigenvalue weighted by molar-refractivity contribution is 7.90. The molecule has 0 aliphatic heterocycles. The first-order valence-electron chi connectivity index (χ1n) is 7.65. The van der Waals surface area contributed by atoms with Crippen molar-refractivity contribution in [1.29, 1.82) is 0 Å². The van der Waals surface area contributed by atoms with Crippen LogP contribution < -0.4 is 10.6 Å². The topological polar surface area (TPSA) is 148 Å². The van der Waals surface area contributed by atoms with Crippen LogP contribution in [0.3, 0.4) is 0 Å². The first-order chi connectivity index (χ1) is 12.7. The summed E-state index contributed by atoms with van der Waals surface area (Å²) in [5.41, 5.74) is 6.14. The molecule has 0 atom stereocenters. The van der Waals surface area contributed by atoms with Gasteiger partial charge in [-0.2, -0.15) is 0 Å². The molecule has 0 spiro atoms. The maximum Gasteiger partial charge on any atom is 0.413 e. The molecule has 140 valence electrons. The van der Waals surface area contributed by atoms with Crippen molar-refractivity contribution in [3.8, 4) is 0 Å². The standard InChI is InChI=1S/C16H15N5O5S/c1-10-2-4-11(5-3-10)27(25,26)21-7-6-12-15(21)18-8-14(19-12)20(16(23)24)9-13(17)22/h2-8H,9H2,1H3,(H2,17,22)(H,23,24). The summed E-state index contributed by atoms with van der Waals surface area (Å²) in [6, 6.07) is 7.71. The molecule has 0 saturated heterocycles. The van der Waals surface area contributed by atoms with Crippen LogP contribution in [0.2, 0.25) is 0 Å². The molecule has 0 radical (unpaired) electrons. The largest absolute Gasteiger partial charge is 0.465 e. The molecule has 0 fully saturated rings. The van der Waals surface area contributed by atoms with E-state index in [0.717, 1.165) is 15.7 Å². The molecule has 3 N–H and O–H groups in total. The lowest BCUT2D eigenvalue weighted by atomic mass is 10.2. The number of anilines is 1. The van der Waals surface area contributed by atoms with E-state index in [9.17, 15) is 23.1 Å². The Morgan fingerprint density at radius 2 is 1.89 bits per heavy atom. The summed E-state index contributed by atoms with van der Waals surface area (Å²) in [6.45, 7) is 1.24. The molecule has 0 aliphatic carbocycles. The summed E-state index contributed by atoms with van der Waals surface area (Å²) in [7, 11) is -3.90. The number of nitrogens with zero attached hydrogens (tertiary/aromatic N) is 4. The van der Waals surface area contributed by atoms with Crippen molar-refractivity contribution < 1.29 is 23.1 Å². The highest BCUT2D eigenvalue weighted by Crippen LogP contribution is 2.22. The van der Waals surface area contributed by atoms with Gasteiger partial charge < -0.3 is 10.8 Å². The second kappa shape index (κ2) is 6.68. The van der Waals surface area contributed by atoms with Gasteiger partial charge in [0, 0.05) is 6.20 Å². The molecule has 3 aromatic rings. The van der Waals surface area contributed by atoms with Crippen LogP contribution in [0.1, 0.15) is 5.56 Å². The summed E-state index contributed by atoms with van der Waals surface area (Å²) >= 11 is 0. The van der Waals surface area contributed by atoms with Crippen LogP contribution in [0.5, 0.6) is 0 Å². The Bertz CT molecular complexity index is 1140. The smallest absolute Gasteiger partial charge is 0.413 e. The van der Waals surface area contributed by atoms with Gasteiger partial charge in [0.25, 0.3) is 10.0 Å². The third-order valence-corrected chi connectivity index (χ3v) is 5.42.